The molecule has 1 saturated heterocycles. The number of hydrogen-bond acceptors (Lipinski definition) is 4. The number of para-hydroxylation sites is 2. The Hall–Kier alpha value is -1.92. The van der Waals surface area contributed by atoms with Gasteiger partial charge in [-0.25, -0.2) is 4.98 Å². The molecule has 0 saturated carbocycles. The number of benzene rings is 1. The predicted octanol–water partition coefficient (Wildman–Crippen LogP) is 1.53. The van der Waals surface area contributed by atoms with Gasteiger partial charge in [-0.3, -0.25) is 4.79 Å². The summed E-state index contributed by atoms with van der Waals surface area (Å²) in [7, 11) is 0. The van der Waals surface area contributed by atoms with Gasteiger partial charge in [0.2, 0.25) is 0 Å². The lowest BCUT2D eigenvalue weighted by molar-refractivity contribution is 0.0855. The average Bonchev–Trinajstić information content (AvgIpc) is 2.83. The lowest BCUT2D eigenvalue weighted by Crippen LogP contribution is -2.40. The molecule has 0 aliphatic carbocycles. The van der Waals surface area contributed by atoms with Crippen LogP contribution >= 0.6 is 0 Å². The number of aromatic nitrogens is 2. The number of fused-ring (bicyclic) bond motifs is 1. The molecule has 6 nitrogen and oxygen atoms in total. The van der Waals surface area contributed by atoms with Gasteiger partial charge >= 0.3 is 0 Å². The van der Waals surface area contributed by atoms with Crippen LogP contribution in [0.15, 0.2) is 24.3 Å². The van der Waals surface area contributed by atoms with Gasteiger partial charge in [0.15, 0.2) is 5.82 Å². The number of aromatic amines is 1. The van der Waals surface area contributed by atoms with Gasteiger partial charge in [0.25, 0.3) is 5.91 Å². The molecule has 1 aromatic carbocycles. The van der Waals surface area contributed by atoms with Gasteiger partial charge in [0.05, 0.1) is 17.1 Å². The van der Waals surface area contributed by atoms with E-state index in [1.165, 1.54) is 25.7 Å². The van der Waals surface area contributed by atoms with Crippen molar-refractivity contribution in [1.29, 1.82) is 0 Å². The number of carbonyl (C=O) groups is 1. The second kappa shape index (κ2) is 7.57. The van der Waals surface area contributed by atoms with E-state index in [-0.39, 0.29) is 18.3 Å². The number of H-pyrrole nitrogens is 1. The highest BCUT2D eigenvalue weighted by molar-refractivity contribution is 5.94. The maximum atomic E-state index is 12.1. The van der Waals surface area contributed by atoms with Crippen molar-refractivity contribution in [2.75, 3.05) is 26.2 Å². The van der Waals surface area contributed by atoms with Crippen LogP contribution in [0.2, 0.25) is 0 Å². The van der Waals surface area contributed by atoms with E-state index in [2.05, 4.69) is 20.2 Å². The molecule has 1 fully saturated rings. The Labute approximate surface area is 135 Å². The molecule has 6 heteroatoms. The number of nitrogens with one attached hydrogen (secondary N) is 2. The molecule has 0 radical (unpaired) electrons. The molecule has 2 aromatic rings. The number of amides is 1. The van der Waals surface area contributed by atoms with E-state index < -0.39 is 6.10 Å². The molecule has 1 aliphatic heterocycles. The quantitative estimate of drug-likeness (QED) is 0.781. The molecule has 0 spiro atoms. The summed E-state index contributed by atoms with van der Waals surface area (Å²) in [5, 5.41) is 12.9. The van der Waals surface area contributed by atoms with Crippen LogP contribution in [0.4, 0.5) is 0 Å². The lowest BCUT2D eigenvalue weighted by Gasteiger charge is -2.23. The van der Waals surface area contributed by atoms with E-state index >= 15 is 0 Å². The summed E-state index contributed by atoms with van der Waals surface area (Å²) >= 11 is 0. The molecular formula is C17H24N4O2. The average molecular weight is 316 g/mol. The third-order valence-corrected chi connectivity index (χ3v) is 4.27. The maximum absolute atomic E-state index is 12.1. The highest BCUT2D eigenvalue weighted by Crippen LogP contribution is 2.11. The first-order valence-electron chi connectivity index (χ1n) is 8.36. The van der Waals surface area contributed by atoms with Crippen LogP contribution in [0, 0.1) is 0 Å². The predicted molar refractivity (Wildman–Crippen MR) is 89.3 cm³/mol. The van der Waals surface area contributed by atoms with Crippen molar-refractivity contribution in [1.82, 2.24) is 20.2 Å². The molecule has 1 unspecified atom stereocenters. The first kappa shape index (κ1) is 16.0. The van der Waals surface area contributed by atoms with E-state index in [1.54, 1.807) is 0 Å². The fourth-order valence-corrected chi connectivity index (χ4v) is 3.04. The van der Waals surface area contributed by atoms with Crippen LogP contribution < -0.4 is 5.32 Å². The number of carbonyl (C=O) groups excluding carboxylic acids is 1. The second-order valence-electron chi connectivity index (χ2n) is 6.18. The number of β-amino-alcohol motifs (C(OH)–C–C–N with tert-alkyl or cyclic N) is 1. The Morgan fingerprint density at radius 2 is 2.00 bits per heavy atom. The van der Waals surface area contributed by atoms with Crippen molar-refractivity contribution in [3.05, 3.63) is 30.1 Å². The molecule has 1 aliphatic rings. The van der Waals surface area contributed by atoms with Crippen LogP contribution in [-0.4, -0.2) is 58.2 Å². The molecule has 2 heterocycles. The monoisotopic (exact) mass is 316 g/mol. The van der Waals surface area contributed by atoms with E-state index in [1.807, 2.05) is 24.3 Å². The van der Waals surface area contributed by atoms with Crippen molar-refractivity contribution in [2.45, 2.75) is 31.8 Å². The van der Waals surface area contributed by atoms with Gasteiger partial charge in [0, 0.05) is 13.1 Å². The van der Waals surface area contributed by atoms with Crippen molar-refractivity contribution in [3.63, 3.8) is 0 Å². The summed E-state index contributed by atoms with van der Waals surface area (Å²) in [6.07, 6.45) is 4.38. The molecule has 124 valence electrons. The van der Waals surface area contributed by atoms with Crippen LogP contribution in [-0.2, 0) is 0 Å². The Morgan fingerprint density at radius 3 is 2.74 bits per heavy atom. The molecule has 3 N–H and O–H groups in total. The third-order valence-electron chi connectivity index (χ3n) is 4.27. The molecule has 0 bridgehead atoms. The minimum absolute atomic E-state index is 0.242. The zero-order valence-corrected chi connectivity index (χ0v) is 13.3. The molecule has 1 amide bonds. The van der Waals surface area contributed by atoms with Crippen LogP contribution in [0.1, 0.15) is 36.3 Å². The van der Waals surface area contributed by atoms with Gasteiger partial charge in [-0.15, -0.1) is 0 Å². The summed E-state index contributed by atoms with van der Waals surface area (Å²) in [5.74, 6) is 0.00397. The van der Waals surface area contributed by atoms with Crippen LogP contribution in [0.25, 0.3) is 11.0 Å². The molecule has 23 heavy (non-hydrogen) atoms. The number of rotatable bonds is 5. The zero-order chi connectivity index (χ0) is 16.1. The fraction of sp³-hybridized carbons (Fsp3) is 0.529. The number of likely N-dealkylation sites (tertiary alicyclic amines) is 1. The first-order chi connectivity index (χ1) is 11.2. The smallest absolute Gasteiger partial charge is 0.287 e. The Kier molecular flexibility index (Phi) is 5.25. The second-order valence-corrected chi connectivity index (χ2v) is 6.18. The molecular weight excluding hydrogens is 292 g/mol. The van der Waals surface area contributed by atoms with Gasteiger partial charge in [-0.05, 0) is 38.1 Å². The van der Waals surface area contributed by atoms with E-state index in [9.17, 15) is 9.90 Å². The lowest BCUT2D eigenvalue weighted by atomic mass is 10.2. The van der Waals surface area contributed by atoms with Gasteiger partial charge in [0.1, 0.15) is 0 Å². The number of imidazole rings is 1. The van der Waals surface area contributed by atoms with E-state index in [4.69, 9.17) is 0 Å². The van der Waals surface area contributed by atoms with E-state index in [0.717, 1.165) is 24.1 Å². The third kappa shape index (κ3) is 4.30. The Morgan fingerprint density at radius 1 is 1.26 bits per heavy atom. The number of hydrogen-bond donors (Lipinski definition) is 3. The minimum atomic E-state index is -0.554. The molecule has 3 rings (SSSR count). The topological polar surface area (TPSA) is 81.2 Å². The van der Waals surface area contributed by atoms with Crippen LogP contribution in [0.3, 0.4) is 0 Å². The highest BCUT2D eigenvalue weighted by atomic mass is 16.3. The standard InChI is InChI=1S/C17H24N4O2/c22-13(12-21-9-5-1-2-6-10-21)11-18-17(23)16-19-14-7-3-4-8-15(14)20-16/h3-4,7-8,13,22H,1-2,5-6,9-12H2,(H,18,23)(H,19,20). The Balaban J connectivity index is 1.49. The number of aliphatic hydroxyl groups excluding tert-OH is 1. The van der Waals surface area contributed by atoms with Gasteiger partial charge < -0.3 is 20.3 Å². The maximum Gasteiger partial charge on any atom is 0.287 e. The summed E-state index contributed by atoms with van der Waals surface area (Å²) in [5.41, 5.74) is 1.60. The fourth-order valence-electron chi connectivity index (χ4n) is 3.04. The minimum Gasteiger partial charge on any atom is -0.390 e. The summed E-state index contributed by atoms with van der Waals surface area (Å²) in [4.78, 5) is 21.7. The summed E-state index contributed by atoms with van der Waals surface area (Å²) in [6.45, 7) is 2.93. The summed E-state index contributed by atoms with van der Waals surface area (Å²) < 4.78 is 0. The van der Waals surface area contributed by atoms with Gasteiger partial charge in [-0.2, -0.15) is 0 Å². The van der Waals surface area contributed by atoms with Crippen molar-refractivity contribution < 1.29 is 9.90 Å². The Bertz CT molecular complexity index is 614. The SMILES string of the molecule is O=C(NCC(O)CN1CCCCCC1)c1nc2ccccc2[nH]1. The largest absolute Gasteiger partial charge is 0.390 e. The highest BCUT2D eigenvalue weighted by Gasteiger charge is 2.16. The van der Waals surface area contributed by atoms with Crippen molar-refractivity contribution >= 4 is 16.9 Å². The normalized spacial score (nSPS) is 17.8. The van der Waals surface area contributed by atoms with Crippen molar-refractivity contribution in [2.24, 2.45) is 0 Å². The molecule has 1 atom stereocenters. The zero-order valence-electron chi connectivity index (χ0n) is 13.3. The van der Waals surface area contributed by atoms with E-state index in [0.29, 0.717) is 6.54 Å². The number of nitrogens with zero attached hydrogens (tertiary/aromatic N) is 2. The number of aliphatic hydroxyl groups is 1. The first-order valence-corrected chi connectivity index (χ1v) is 8.36. The van der Waals surface area contributed by atoms with Crippen LogP contribution in [0.5, 0.6) is 0 Å². The van der Waals surface area contributed by atoms with Crippen molar-refractivity contribution in [3.8, 4) is 0 Å². The summed E-state index contributed by atoms with van der Waals surface area (Å²) in [6, 6.07) is 7.52. The molecule has 1 aromatic heterocycles. The van der Waals surface area contributed by atoms with Gasteiger partial charge in [-0.1, -0.05) is 25.0 Å².